The minimum atomic E-state index is 0. The third kappa shape index (κ3) is 4.32. The highest BCUT2D eigenvalue weighted by Crippen LogP contribution is 2.34. The minimum absolute atomic E-state index is 0. The summed E-state index contributed by atoms with van der Waals surface area (Å²) in [6, 6.07) is 4.50. The lowest BCUT2D eigenvalue weighted by Crippen LogP contribution is -2.47. The number of hydrogen-bond donors (Lipinski definition) is 2. The fourth-order valence-corrected chi connectivity index (χ4v) is 3.05. The Labute approximate surface area is 149 Å². The molecule has 0 aromatic carbocycles. The van der Waals surface area contributed by atoms with Gasteiger partial charge < -0.3 is 15.4 Å². The van der Waals surface area contributed by atoms with Gasteiger partial charge in [-0.2, -0.15) is 0 Å². The summed E-state index contributed by atoms with van der Waals surface area (Å²) in [4.78, 5) is 8.97. The van der Waals surface area contributed by atoms with Crippen LogP contribution in [0.2, 0.25) is 0 Å². The molecular weight excluding hydrogens is 391 g/mol. The molecule has 122 valence electrons. The van der Waals surface area contributed by atoms with Crippen LogP contribution in [0.5, 0.6) is 0 Å². The van der Waals surface area contributed by atoms with E-state index in [4.69, 9.17) is 4.74 Å². The van der Waals surface area contributed by atoms with Crippen LogP contribution in [-0.4, -0.2) is 35.7 Å². The van der Waals surface area contributed by atoms with E-state index in [0.717, 1.165) is 30.2 Å². The van der Waals surface area contributed by atoms with Crippen LogP contribution in [0.3, 0.4) is 0 Å². The summed E-state index contributed by atoms with van der Waals surface area (Å²) in [5, 5.41) is 6.84. The summed E-state index contributed by atoms with van der Waals surface area (Å²) in [6.07, 6.45) is 6.19. The molecule has 2 N–H and O–H groups in total. The summed E-state index contributed by atoms with van der Waals surface area (Å²) >= 11 is 0. The van der Waals surface area contributed by atoms with Crippen molar-refractivity contribution < 1.29 is 4.74 Å². The zero-order valence-corrected chi connectivity index (χ0v) is 15.5. The second-order valence-corrected chi connectivity index (χ2v) is 5.86. The molecule has 0 spiro atoms. The summed E-state index contributed by atoms with van der Waals surface area (Å²) in [7, 11) is 0. The first kappa shape index (κ1) is 17.5. The van der Waals surface area contributed by atoms with E-state index in [1.165, 1.54) is 12.8 Å². The number of nitrogens with one attached hydrogen (secondary N) is 2. The van der Waals surface area contributed by atoms with E-state index >= 15 is 0 Å². The van der Waals surface area contributed by atoms with E-state index in [0.29, 0.717) is 24.8 Å². The standard InChI is InChI=1S/C16H24N4O.HI/c1-3-17-16(19-10-12-5-4-11(2)18-9-12)20-14-8-13-6-7-15(14)21-13;/h4-5,9,13-15H,3,6-8,10H2,1-2H3,(H2,17,19,20);1H. The van der Waals surface area contributed by atoms with Gasteiger partial charge in [-0.05, 0) is 44.7 Å². The number of halogens is 1. The molecule has 2 fully saturated rings. The van der Waals surface area contributed by atoms with Gasteiger partial charge in [-0.1, -0.05) is 6.07 Å². The predicted octanol–water partition coefficient (Wildman–Crippen LogP) is 2.38. The highest BCUT2D eigenvalue weighted by atomic mass is 127. The quantitative estimate of drug-likeness (QED) is 0.450. The average molecular weight is 416 g/mol. The van der Waals surface area contributed by atoms with Gasteiger partial charge in [0.15, 0.2) is 5.96 Å². The monoisotopic (exact) mass is 416 g/mol. The minimum Gasteiger partial charge on any atom is -0.373 e. The number of fused-ring (bicyclic) bond motifs is 2. The van der Waals surface area contributed by atoms with Gasteiger partial charge in [-0.25, -0.2) is 4.99 Å². The second kappa shape index (κ2) is 8.10. The second-order valence-electron chi connectivity index (χ2n) is 5.86. The number of ether oxygens (including phenoxy) is 1. The molecule has 3 rings (SSSR count). The lowest BCUT2D eigenvalue weighted by molar-refractivity contribution is 0.0992. The lowest BCUT2D eigenvalue weighted by Gasteiger charge is -2.22. The molecule has 6 heteroatoms. The first-order chi connectivity index (χ1) is 10.2. The Morgan fingerprint density at radius 1 is 1.41 bits per heavy atom. The number of aromatic nitrogens is 1. The summed E-state index contributed by atoms with van der Waals surface area (Å²) in [5.41, 5.74) is 2.16. The van der Waals surface area contributed by atoms with Crippen LogP contribution in [-0.2, 0) is 11.3 Å². The SMILES string of the molecule is CCNC(=NCc1ccc(C)nc1)NC1CC2CCC1O2.I. The number of guanidine groups is 1. The normalized spacial score (nSPS) is 26.6. The Bertz CT molecular complexity index is 505. The molecule has 2 saturated heterocycles. The zero-order valence-electron chi connectivity index (χ0n) is 13.2. The molecule has 5 nitrogen and oxygen atoms in total. The molecule has 0 amide bonds. The van der Waals surface area contributed by atoms with Gasteiger partial charge in [0.05, 0.1) is 24.8 Å². The Morgan fingerprint density at radius 2 is 2.27 bits per heavy atom. The van der Waals surface area contributed by atoms with Crippen LogP contribution in [0.4, 0.5) is 0 Å². The number of aliphatic imine (C=N–C) groups is 1. The van der Waals surface area contributed by atoms with Crippen LogP contribution in [0.15, 0.2) is 23.3 Å². The maximum absolute atomic E-state index is 5.88. The van der Waals surface area contributed by atoms with Gasteiger partial charge in [-0.15, -0.1) is 24.0 Å². The molecule has 0 saturated carbocycles. The molecule has 22 heavy (non-hydrogen) atoms. The van der Waals surface area contributed by atoms with Crippen LogP contribution in [0, 0.1) is 6.92 Å². The molecule has 1 aromatic heterocycles. The fraction of sp³-hybridized carbons (Fsp3) is 0.625. The molecule has 3 heterocycles. The third-order valence-electron chi connectivity index (χ3n) is 4.16. The molecule has 2 aliphatic heterocycles. The Balaban J connectivity index is 0.00000176. The van der Waals surface area contributed by atoms with E-state index in [1.807, 2.05) is 19.2 Å². The van der Waals surface area contributed by atoms with Crippen molar-refractivity contribution in [2.75, 3.05) is 6.54 Å². The number of rotatable bonds is 4. The van der Waals surface area contributed by atoms with Gasteiger partial charge in [0.2, 0.25) is 0 Å². The Hall–Kier alpha value is -0.890. The zero-order chi connectivity index (χ0) is 14.7. The van der Waals surface area contributed by atoms with Crippen LogP contribution in [0.1, 0.15) is 37.4 Å². The molecule has 2 aliphatic rings. The summed E-state index contributed by atoms with van der Waals surface area (Å²) < 4.78 is 5.88. The largest absolute Gasteiger partial charge is 0.373 e. The van der Waals surface area contributed by atoms with Crippen LogP contribution >= 0.6 is 24.0 Å². The number of aryl methyl sites for hydroxylation is 1. The van der Waals surface area contributed by atoms with E-state index in [-0.39, 0.29) is 24.0 Å². The topological polar surface area (TPSA) is 58.5 Å². The maximum Gasteiger partial charge on any atom is 0.191 e. The van der Waals surface area contributed by atoms with Crippen molar-refractivity contribution in [1.29, 1.82) is 0 Å². The number of nitrogens with zero attached hydrogens (tertiary/aromatic N) is 2. The van der Waals surface area contributed by atoms with Gasteiger partial charge in [-0.3, -0.25) is 4.98 Å². The molecule has 1 aromatic rings. The smallest absolute Gasteiger partial charge is 0.191 e. The first-order valence-corrected chi connectivity index (χ1v) is 7.86. The van der Waals surface area contributed by atoms with E-state index in [9.17, 15) is 0 Å². The first-order valence-electron chi connectivity index (χ1n) is 7.86. The molecule has 0 aliphatic carbocycles. The molecule has 3 atom stereocenters. The fourth-order valence-electron chi connectivity index (χ4n) is 3.05. The van der Waals surface area contributed by atoms with Gasteiger partial charge in [0.25, 0.3) is 0 Å². The molecule has 3 unspecified atom stereocenters. The molecular formula is C16H25IN4O. The number of hydrogen-bond acceptors (Lipinski definition) is 3. The van der Waals surface area contributed by atoms with Crippen LogP contribution < -0.4 is 10.6 Å². The van der Waals surface area contributed by atoms with Crippen molar-refractivity contribution in [2.45, 2.75) is 57.9 Å². The van der Waals surface area contributed by atoms with Crippen molar-refractivity contribution in [3.8, 4) is 0 Å². The van der Waals surface area contributed by atoms with Crippen molar-refractivity contribution >= 4 is 29.9 Å². The molecule has 2 bridgehead atoms. The van der Waals surface area contributed by atoms with Gasteiger partial charge in [0, 0.05) is 18.4 Å². The third-order valence-corrected chi connectivity index (χ3v) is 4.16. The summed E-state index contributed by atoms with van der Waals surface area (Å²) in [6.45, 7) is 5.58. The summed E-state index contributed by atoms with van der Waals surface area (Å²) in [5.74, 6) is 0.874. The van der Waals surface area contributed by atoms with Gasteiger partial charge >= 0.3 is 0 Å². The predicted molar refractivity (Wildman–Crippen MR) is 98.6 cm³/mol. The highest BCUT2D eigenvalue weighted by molar-refractivity contribution is 14.0. The van der Waals surface area contributed by atoms with E-state index in [2.05, 4.69) is 33.6 Å². The van der Waals surface area contributed by atoms with Crippen molar-refractivity contribution in [1.82, 2.24) is 15.6 Å². The Kier molecular flexibility index (Phi) is 6.43. The highest BCUT2D eigenvalue weighted by Gasteiger charge is 2.41. The van der Waals surface area contributed by atoms with Crippen molar-refractivity contribution in [3.05, 3.63) is 29.6 Å². The van der Waals surface area contributed by atoms with Crippen molar-refractivity contribution in [2.24, 2.45) is 4.99 Å². The lowest BCUT2D eigenvalue weighted by atomic mass is 9.96. The van der Waals surface area contributed by atoms with E-state index < -0.39 is 0 Å². The van der Waals surface area contributed by atoms with Crippen LogP contribution in [0.25, 0.3) is 0 Å². The number of pyridine rings is 1. The molecule has 0 radical (unpaired) electrons. The maximum atomic E-state index is 5.88. The van der Waals surface area contributed by atoms with Crippen molar-refractivity contribution in [3.63, 3.8) is 0 Å². The Morgan fingerprint density at radius 3 is 2.86 bits per heavy atom. The van der Waals surface area contributed by atoms with Gasteiger partial charge in [0.1, 0.15) is 0 Å². The van der Waals surface area contributed by atoms with E-state index in [1.54, 1.807) is 0 Å². The average Bonchev–Trinajstić information content (AvgIpc) is 3.09.